The van der Waals surface area contributed by atoms with E-state index in [9.17, 15) is 0 Å². The molecule has 2 N–H and O–H groups in total. The molecule has 0 spiro atoms. The number of ether oxygens (including phenoxy) is 2. The number of aryl methyl sites for hydroxylation is 1. The van der Waals surface area contributed by atoms with Crippen molar-refractivity contribution in [1.82, 2.24) is 0 Å². The van der Waals surface area contributed by atoms with Crippen LogP contribution in [0.3, 0.4) is 0 Å². The second-order valence-electron chi connectivity index (χ2n) is 4.15. The third-order valence-corrected chi connectivity index (χ3v) is 3.03. The minimum Gasteiger partial charge on any atom is -0.496 e. The smallest absolute Gasteiger partial charge is 0.130 e. The Labute approximate surface area is 90.2 Å². The van der Waals surface area contributed by atoms with Crippen LogP contribution in [0.25, 0.3) is 0 Å². The molecule has 1 aromatic rings. The lowest BCUT2D eigenvalue weighted by atomic mass is 10.00. The topological polar surface area (TPSA) is 44.5 Å². The summed E-state index contributed by atoms with van der Waals surface area (Å²) >= 11 is 0. The van der Waals surface area contributed by atoms with Gasteiger partial charge >= 0.3 is 0 Å². The highest BCUT2D eigenvalue weighted by atomic mass is 16.5. The van der Waals surface area contributed by atoms with Crippen LogP contribution in [-0.2, 0) is 5.54 Å². The highest BCUT2D eigenvalue weighted by Crippen LogP contribution is 2.51. The number of hydrogen-bond donors (Lipinski definition) is 1. The Morgan fingerprint density at radius 3 is 2.33 bits per heavy atom. The molecule has 0 amide bonds. The van der Waals surface area contributed by atoms with Gasteiger partial charge in [-0.1, -0.05) is 6.07 Å². The molecule has 0 atom stereocenters. The summed E-state index contributed by atoms with van der Waals surface area (Å²) in [6.07, 6.45) is 2.01. The van der Waals surface area contributed by atoms with Gasteiger partial charge in [0, 0.05) is 5.54 Å². The predicted octanol–water partition coefficient (Wildman–Crippen LogP) is 1.96. The molecule has 2 rings (SSSR count). The summed E-state index contributed by atoms with van der Waals surface area (Å²) in [7, 11) is 3.34. The molecule has 1 aliphatic carbocycles. The Morgan fingerprint density at radius 1 is 1.20 bits per heavy atom. The second kappa shape index (κ2) is 3.42. The molecule has 0 aliphatic heterocycles. The average molecular weight is 207 g/mol. The zero-order chi connectivity index (χ0) is 11.1. The van der Waals surface area contributed by atoms with Crippen molar-refractivity contribution in [3.8, 4) is 11.5 Å². The van der Waals surface area contributed by atoms with Crippen molar-refractivity contribution in [3.05, 3.63) is 23.3 Å². The minimum atomic E-state index is -0.233. The van der Waals surface area contributed by atoms with Gasteiger partial charge in [0.1, 0.15) is 11.5 Å². The van der Waals surface area contributed by atoms with Gasteiger partial charge in [-0.25, -0.2) is 0 Å². The van der Waals surface area contributed by atoms with Crippen LogP contribution >= 0.6 is 0 Å². The SMILES string of the molecule is COc1ccc(C)c(OC)c1C1(N)CC1. The van der Waals surface area contributed by atoms with Crippen LogP contribution in [-0.4, -0.2) is 14.2 Å². The number of rotatable bonds is 3. The van der Waals surface area contributed by atoms with Crippen molar-refractivity contribution in [1.29, 1.82) is 0 Å². The highest BCUT2D eigenvalue weighted by Gasteiger charge is 2.44. The maximum absolute atomic E-state index is 6.23. The molecule has 1 aromatic carbocycles. The van der Waals surface area contributed by atoms with Crippen LogP contribution in [0, 0.1) is 6.92 Å². The van der Waals surface area contributed by atoms with E-state index in [0.717, 1.165) is 35.5 Å². The van der Waals surface area contributed by atoms with E-state index in [1.165, 1.54) is 0 Å². The van der Waals surface area contributed by atoms with Gasteiger partial charge in [0.25, 0.3) is 0 Å². The molecule has 0 bridgehead atoms. The molecule has 3 heteroatoms. The lowest BCUT2D eigenvalue weighted by Crippen LogP contribution is -2.21. The zero-order valence-electron chi connectivity index (χ0n) is 9.46. The summed E-state index contributed by atoms with van der Waals surface area (Å²) in [5.74, 6) is 1.70. The van der Waals surface area contributed by atoms with E-state index in [-0.39, 0.29) is 5.54 Å². The normalized spacial score (nSPS) is 17.3. The fourth-order valence-corrected chi connectivity index (χ4v) is 1.96. The first-order chi connectivity index (χ1) is 7.12. The van der Waals surface area contributed by atoms with Crippen LogP contribution in [0.4, 0.5) is 0 Å². The third kappa shape index (κ3) is 1.57. The quantitative estimate of drug-likeness (QED) is 0.824. The Balaban J connectivity index is 2.60. The van der Waals surface area contributed by atoms with Crippen LogP contribution in [0.5, 0.6) is 11.5 Å². The molecule has 0 aromatic heterocycles. The summed E-state index contributed by atoms with van der Waals surface area (Å²) in [4.78, 5) is 0. The largest absolute Gasteiger partial charge is 0.496 e. The number of nitrogens with two attached hydrogens (primary N) is 1. The van der Waals surface area contributed by atoms with Crippen molar-refractivity contribution in [2.24, 2.45) is 5.73 Å². The van der Waals surface area contributed by atoms with Gasteiger partial charge in [-0.05, 0) is 31.4 Å². The van der Waals surface area contributed by atoms with E-state index in [4.69, 9.17) is 15.2 Å². The molecular weight excluding hydrogens is 190 g/mol. The molecule has 0 radical (unpaired) electrons. The monoisotopic (exact) mass is 207 g/mol. The van der Waals surface area contributed by atoms with Crippen molar-refractivity contribution in [2.45, 2.75) is 25.3 Å². The van der Waals surface area contributed by atoms with Gasteiger partial charge in [0.15, 0.2) is 0 Å². The molecule has 15 heavy (non-hydrogen) atoms. The maximum atomic E-state index is 6.23. The first-order valence-electron chi connectivity index (χ1n) is 5.13. The van der Waals surface area contributed by atoms with E-state index < -0.39 is 0 Å². The predicted molar refractivity (Wildman–Crippen MR) is 59.4 cm³/mol. The van der Waals surface area contributed by atoms with E-state index in [2.05, 4.69) is 0 Å². The van der Waals surface area contributed by atoms with Crippen LogP contribution in [0.15, 0.2) is 12.1 Å². The first kappa shape index (κ1) is 10.3. The molecular formula is C12H17NO2. The van der Waals surface area contributed by atoms with Gasteiger partial charge in [0.05, 0.1) is 19.8 Å². The zero-order valence-corrected chi connectivity index (χ0v) is 9.46. The molecule has 3 nitrogen and oxygen atoms in total. The van der Waals surface area contributed by atoms with Crippen LogP contribution in [0.2, 0.25) is 0 Å². The molecule has 1 fully saturated rings. The summed E-state index contributed by atoms with van der Waals surface area (Å²) < 4.78 is 10.8. The molecule has 0 unspecified atom stereocenters. The number of methoxy groups -OCH3 is 2. The standard InChI is InChI=1S/C12H17NO2/c1-8-4-5-9(14-2)10(11(8)15-3)12(13)6-7-12/h4-5H,6-7,13H2,1-3H3. The number of benzene rings is 1. The molecule has 0 saturated heterocycles. The van der Waals surface area contributed by atoms with E-state index in [0.29, 0.717) is 0 Å². The van der Waals surface area contributed by atoms with Gasteiger partial charge < -0.3 is 15.2 Å². The minimum absolute atomic E-state index is 0.233. The lowest BCUT2D eigenvalue weighted by Gasteiger charge is -2.19. The highest BCUT2D eigenvalue weighted by molar-refractivity contribution is 5.55. The lowest BCUT2D eigenvalue weighted by molar-refractivity contribution is 0.375. The van der Waals surface area contributed by atoms with Crippen LogP contribution < -0.4 is 15.2 Å². The van der Waals surface area contributed by atoms with Gasteiger partial charge in [-0.3, -0.25) is 0 Å². The Bertz CT molecular complexity index is 383. The Hall–Kier alpha value is -1.22. The maximum Gasteiger partial charge on any atom is 0.130 e. The molecule has 1 saturated carbocycles. The van der Waals surface area contributed by atoms with Crippen molar-refractivity contribution in [3.63, 3.8) is 0 Å². The van der Waals surface area contributed by atoms with Gasteiger partial charge in [0.2, 0.25) is 0 Å². The van der Waals surface area contributed by atoms with Crippen molar-refractivity contribution < 1.29 is 9.47 Å². The van der Waals surface area contributed by atoms with Crippen LogP contribution in [0.1, 0.15) is 24.0 Å². The third-order valence-electron chi connectivity index (χ3n) is 3.03. The number of hydrogen-bond acceptors (Lipinski definition) is 3. The van der Waals surface area contributed by atoms with Crippen molar-refractivity contribution in [2.75, 3.05) is 14.2 Å². The van der Waals surface area contributed by atoms with Gasteiger partial charge in [-0.2, -0.15) is 0 Å². The first-order valence-corrected chi connectivity index (χ1v) is 5.13. The summed E-state index contributed by atoms with van der Waals surface area (Å²) in [6.45, 7) is 2.02. The molecule has 0 heterocycles. The van der Waals surface area contributed by atoms with Crippen molar-refractivity contribution >= 4 is 0 Å². The molecule has 1 aliphatic rings. The average Bonchev–Trinajstić information content (AvgIpc) is 2.97. The fourth-order valence-electron chi connectivity index (χ4n) is 1.96. The van der Waals surface area contributed by atoms with E-state index >= 15 is 0 Å². The van der Waals surface area contributed by atoms with E-state index in [1.807, 2.05) is 19.1 Å². The summed E-state index contributed by atoms with van der Waals surface area (Å²) in [6, 6.07) is 3.95. The molecule has 82 valence electrons. The second-order valence-corrected chi connectivity index (χ2v) is 4.15. The fraction of sp³-hybridized carbons (Fsp3) is 0.500. The Morgan fingerprint density at radius 2 is 1.87 bits per heavy atom. The summed E-state index contributed by atoms with van der Waals surface area (Å²) in [5, 5.41) is 0. The Kier molecular flexibility index (Phi) is 2.35. The van der Waals surface area contributed by atoms with Gasteiger partial charge in [-0.15, -0.1) is 0 Å². The van der Waals surface area contributed by atoms with E-state index in [1.54, 1.807) is 14.2 Å². The summed E-state index contributed by atoms with van der Waals surface area (Å²) in [5.41, 5.74) is 8.12.